The second-order valence-corrected chi connectivity index (χ2v) is 4.82. The average Bonchev–Trinajstić information content (AvgIpc) is 3.24. The number of hydrogen-bond donors (Lipinski definition) is 0. The van der Waals surface area contributed by atoms with Crippen LogP contribution in [0.3, 0.4) is 0 Å². The van der Waals surface area contributed by atoms with E-state index in [-0.39, 0.29) is 0 Å². The lowest BCUT2D eigenvalue weighted by Gasteiger charge is -2.35. The Kier molecular flexibility index (Phi) is 2.81. The van der Waals surface area contributed by atoms with Crippen molar-refractivity contribution in [3.63, 3.8) is 0 Å². The lowest BCUT2D eigenvalue weighted by atomic mass is 10.2. The van der Waals surface area contributed by atoms with Crippen LogP contribution in [0.2, 0.25) is 0 Å². The molecule has 90 valence electrons. The molecule has 1 saturated carbocycles. The SMILES string of the molecule is O=Cc1ccc(N2CCN(C3CC3)CC2)nc1. The van der Waals surface area contributed by atoms with E-state index in [0.29, 0.717) is 5.56 Å². The van der Waals surface area contributed by atoms with E-state index in [2.05, 4.69) is 14.8 Å². The first-order chi connectivity index (χ1) is 8.36. The van der Waals surface area contributed by atoms with Gasteiger partial charge in [0.05, 0.1) is 0 Å². The maximum Gasteiger partial charge on any atom is 0.151 e. The Bertz CT molecular complexity index is 392. The van der Waals surface area contributed by atoms with Crippen LogP contribution in [0.1, 0.15) is 23.2 Å². The minimum atomic E-state index is 0.644. The molecular formula is C13H17N3O. The van der Waals surface area contributed by atoms with Crippen molar-refractivity contribution >= 4 is 12.1 Å². The van der Waals surface area contributed by atoms with E-state index in [0.717, 1.165) is 44.3 Å². The molecular weight excluding hydrogens is 214 g/mol. The Morgan fingerprint density at radius 2 is 1.94 bits per heavy atom. The highest BCUT2D eigenvalue weighted by Crippen LogP contribution is 2.28. The fourth-order valence-corrected chi connectivity index (χ4v) is 2.41. The number of hydrogen-bond acceptors (Lipinski definition) is 4. The molecule has 2 aliphatic rings. The maximum absolute atomic E-state index is 10.6. The zero-order valence-electron chi connectivity index (χ0n) is 9.88. The molecule has 0 radical (unpaired) electrons. The summed E-state index contributed by atoms with van der Waals surface area (Å²) in [6, 6.07) is 4.64. The highest BCUT2D eigenvalue weighted by atomic mass is 16.1. The third-order valence-electron chi connectivity index (χ3n) is 3.61. The van der Waals surface area contributed by atoms with E-state index in [1.54, 1.807) is 6.20 Å². The molecule has 0 spiro atoms. The molecule has 0 unspecified atom stereocenters. The summed E-state index contributed by atoms with van der Waals surface area (Å²) in [5.41, 5.74) is 0.644. The summed E-state index contributed by atoms with van der Waals surface area (Å²) in [6.45, 7) is 4.37. The molecule has 0 bridgehead atoms. The van der Waals surface area contributed by atoms with Crippen LogP contribution in [0, 0.1) is 0 Å². The van der Waals surface area contributed by atoms with E-state index < -0.39 is 0 Å². The van der Waals surface area contributed by atoms with E-state index in [1.807, 2.05) is 12.1 Å². The Hall–Kier alpha value is -1.42. The molecule has 2 heterocycles. The number of anilines is 1. The number of rotatable bonds is 3. The van der Waals surface area contributed by atoms with Gasteiger partial charge in [-0.2, -0.15) is 0 Å². The van der Waals surface area contributed by atoms with Crippen molar-refractivity contribution in [3.8, 4) is 0 Å². The molecule has 1 aromatic heterocycles. The van der Waals surface area contributed by atoms with Crippen molar-refractivity contribution in [2.75, 3.05) is 31.1 Å². The molecule has 1 saturated heterocycles. The van der Waals surface area contributed by atoms with Crippen LogP contribution in [-0.2, 0) is 0 Å². The Labute approximate surface area is 101 Å². The number of carbonyl (C=O) groups excluding carboxylic acids is 1. The van der Waals surface area contributed by atoms with Crippen LogP contribution in [0.15, 0.2) is 18.3 Å². The minimum absolute atomic E-state index is 0.644. The average molecular weight is 231 g/mol. The Morgan fingerprint density at radius 3 is 2.47 bits per heavy atom. The van der Waals surface area contributed by atoms with Crippen molar-refractivity contribution in [2.45, 2.75) is 18.9 Å². The maximum atomic E-state index is 10.6. The van der Waals surface area contributed by atoms with E-state index in [1.165, 1.54) is 12.8 Å². The lowest BCUT2D eigenvalue weighted by Crippen LogP contribution is -2.47. The van der Waals surface area contributed by atoms with E-state index in [4.69, 9.17) is 0 Å². The summed E-state index contributed by atoms with van der Waals surface area (Å²) in [6.07, 6.45) is 5.25. The number of aldehydes is 1. The largest absolute Gasteiger partial charge is 0.354 e. The first kappa shape index (κ1) is 10.7. The summed E-state index contributed by atoms with van der Waals surface area (Å²) in [7, 11) is 0. The highest BCUT2D eigenvalue weighted by Gasteiger charge is 2.31. The Morgan fingerprint density at radius 1 is 1.18 bits per heavy atom. The molecule has 4 heteroatoms. The topological polar surface area (TPSA) is 36.4 Å². The molecule has 17 heavy (non-hydrogen) atoms. The number of carbonyl (C=O) groups is 1. The zero-order valence-corrected chi connectivity index (χ0v) is 9.88. The van der Waals surface area contributed by atoms with Crippen LogP contribution in [0.4, 0.5) is 5.82 Å². The first-order valence-electron chi connectivity index (χ1n) is 6.27. The quantitative estimate of drug-likeness (QED) is 0.732. The third kappa shape index (κ3) is 2.31. The molecule has 0 aromatic carbocycles. The normalized spacial score (nSPS) is 21.5. The highest BCUT2D eigenvalue weighted by molar-refractivity contribution is 5.74. The smallest absolute Gasteiger partial charge is 0.151 e. The van der Waals surface area contributed by atoms with Crippen molar-refractivity contribution in [3.05, 3.63) is 23.9 Å². The number of nitrogens with zero attached hydrogens (tertiary/aromatic N) is 3. The second-order valence-electron chi connectivity index (χ2n) is 4.82. The summed E-state index contributed by atoms with van der Waals surface area (Å²) < 4.78 is 0. The van der Waals surface area contributed by atoms with Gasteiger partial charge in [-0.15, -0.1) is 0 Å². The van der Waals surface area contributed by atoms with Crippen LogP contribution in [0.25, 0.3) is 0 Å². The molecule has 0 atom stereocenters. The molecule has 1 aliphatic heterocycles. The van der Waals surface area contributed by atoms with E-state index in [9.17, 15) is 4.79 Å². The molecule has 2 fully saturated rings. The fourth-order valence-electron chi connectivity index (χ4n) is 2.41. The molecule has 0 N–H and O–H groups in total. The van der Waals surface area contributed by atoms with Crippen molar-refractivity contribution in [2.24, 2.45) is 0 Å². The molecule has 4 nitrogen and oxygen atoms in total. The monoisotopic (exact) mass is 231 g/mol. The van der Waals surface area contributed by atoms with Gasteiger partial charge in [0.15, 0.2) is 6.29 Å². The van der Waals surface area contributed by atoms with Gasteiger partial charge in [0.1, 0.15) is 5.82 Å². The third-order valence-corrected chi connectivity index (χ3v) is 3.61. The minimum Gasteiger partial charge on any atom is -0.354 e. The zero-order chi connectivity index (χ0) is 11.7. The fraction of sp³-hybridized carbons (Fsp3) is 0.538. The standard InChI is InChI=1S/C13H17N3O/c17-10-11-1-4-13(14-9-11)16-7-5-15(6-8-16)12-2-3-12/h1,4,9-10,12H,2-3,5-8H2. The van der Waals surface area contributed by atoms with Gasteiger partial charge in [-0.05, 0) is 25.0 Å². The van der Waals surface area contributed by atoms with Gasteiger partial charge in [0, 0.05) is 44.0 Å². The van der Waals surface area contributed by atoms with Gasteiger partial charge in [0.25, 0.3) is 0 Å². The molecule has 3 rings (SSSR count). The summed E-state index contributed by atoms with van der Waals surface area (Å²) >= 11 is 0. The Balaban J connectivity index is 1.62. The molecule has 1 aliphatic carbocycles. The number of piperazine rings is 1. The summed E-state index contributed by atoms with van der Waals surface area (Å²) in [5.74, 6) is 0.992. The van der Waals surface area contributed by atoms with Gasteiger partial charge in [-0.3, -0.25) is 9.69 Å². The van der Waals surface area contributed by atoms with E-state index >= 15 is 0 Å². The van der Waals surface area contributed by atoms with Gasteiger partial charge < -0.3 is 4.90 Å². The molecule has 1 aromatic rings. The van der Waals surface area contributed by atoms with Gasteiger partial charge in [0.2, 0.25) is 0 Å². The lowest BCUT2D eigenvalue weighted by molar-refractivity contribution is 0.112. The van der Waals surface area contributed by atoms with Crippen molar-refractivity contribution in [1.29, 1.82) is 0 Å². The van der Waals surface area contributed by atoms with Gasteiger partial charge in [-0.1, -0.05) is 0 Å². The summed E-state index contributed by atoms with van der Waals surface area (Å²) in [4.78, 5) is 19.8. The number of pyridine rings is 1. The van der Waals surface area contributed by atoms with Crippen LogP contribution >= 0.6 is 0 Å². The predicted octanol–water partition coefficient (Wildman–Crippen LogP) is 1.18. The number of aromatic nitrogens is 1. The van der Waals surface area contributed by atoms with Crippen molar-refractivity contribution < 1.29 is 4.79 Å². The molecule has 0 amide bonds. The second kappa shape index (κ2) is 4.45. The van der Waals surface area contributed by atoms with Crippen LogP contribution in [0.5, 0.6) is 0 Å². The summed E-state index contributed by atoms with van der Waals surface area (Å²) in [5, 5.41) is 0. The van der Waals surface area contributed by atoms with Crippen molar-refractivity contribution in [1.82, 2.24) is 9.88 Å². The van der Waals surface area contributed by atoms with Gasteiger partial charge in [-0.25, -0.2) is 4.98 Å². The van der Waals surface area contributed by atoms with Gasteiger partial charge >= 0.3 is 0 Å². The predicted molar refractivity (Wildman–Crippen MR) is 66.4 cm³/mol. The van der Waals surface area contributed by atoms with Crippen LogP contribution < -0.4 is 4.90 Å². The first-order valence-corrected chi connectivity index (χ1v) is 6.27. The van der Waals surface area contributed by atoms with Crippen LogP contribution in [-0.4, -0.2) is 48.4 Å².